The van der Waals surface area contributed by atoms with Crippen molar-refractivity contribution in [1.29, 1.82) is 5.26 Å². The molecule has 0 amide bonds. The lowest BCUT2D eigenvalue weighted by Crippen LogP contribution is -2.00. The molecular formula is C15H14N2O3. The van der Waals surface area contributed by atoms with E-state index in [-0.39, 0.29) is 5.76 Å². The van der Waals surface area contributed by atoms with Gasteiger partial charge in [0.1, 0.15) is 5.76 Å². The van der Waals surface area contributed by atoms with E-state index in [1.807, 2.05) is 13.0 Å². The molecule has 0 spiro atoms. The van der Waals surface area contributed by atoms with Crippen LogP contribution in [0.3, 0.4) is 0 Å². The van der Waals surface area contributed by atoms with Crippen molar-refractivity contribution in [2.75, 3.05) is 5.32 Å². The summed E-state index contributed by atoms with van der Waals surface area (Å²) in [6.07, 6.45) is 0. The first kappa shape index (κ1) is 13.7. The SMILES string of the molecule is Cc1ccc(C#N)cc1NCc1cc(C)c(C(=O)O)o1. The van der Waals surface area contributed by atoms with E-state index in [0.29, 0.717) is 23.4 Å². The third-order valence-corrected chi connectivity index (χ3v) is 2.98. The van der Waals surface area contributed by atoms with Crippen molar-refractivity contribution in [2.24, 2.45) is 0 Å². The fourth-order valence-corrected chi connectivity index (χ4v) is 1.91. The second kappa shape index (κ2) is 5.49. The Morgan fingerprint density at radius 1 is 1.35 bits per heavy atom. The van der Waals surface area contributed by atoms with Crippen LogP contribution in [0.15, 0.2) is 28.7 Å². The summed E-state index contributed by atoms with van der Waals surface area (Å²) in [7, 11) is 0. The van der Waals surface area contributed by atoms with Gasteiger partial charge in [-0.2, -0.15) is 5.26 Å². The third kappa shape index (κ3) is 2.81. The quantitative estimate of drug-likeness (QED) is 0.891. The highest BCUT2D eigenvalue weighted by molar-refractivity contribution is 5.86. The largest absolute Gasteiger partial charge is 0.475 e. The standard InChI is InChI=1S/C15H14N2O3/c1-9-3-4-11(7-16)6-13(9)17-8-12-5-10(2)14(20-12)15(18)19/h3-6,17H,8H2,1-2H3,(H,18,19). The number of rotatable bonds is 4. The van der Waals surface area contributed by atoms with Gasteiger partial charge in [0.05, 0.1) is 18.2 Å². The minimum atomic E-state index is -1.07. The van der Waals surface area contributed by atoms with Crippen LogP contribution in [0.2, 0.25) is 0 Å². The van der Waals surface area contributed by atoms with Gasteiger partial charge in [0, 0.05) is 11.3 Å². The van der Waals surface area contributed by atoms with Gasteiger partial charge < -0.3 is 14.8 Å². The van der Waals surface area contributed by atoms with Crippen molar-refractivity contribution >= 4 is 11.7 Å². The van der Waals surface area contributed by atoms with Gasteiger partial charge in [-0.3, -0.25) is 0 Å². The van der Waals surface area contributed by atoms with Crippen LogP contribution < -0.4 is 5.32 Å². The molecule has 0 bridgehead atoms. The predicted molar refractivity (Wildman–Crippen MR) is 73.6 cm³/mol. The van der Waals surface area contributed by atoms with Gasteiger partial charge in [-0.05, 0) is 37.6 Å². The molecule has 0 saturated carbocycles. The van der Waals surface area contributed by atoms with Gasteiger partial charge >= 0.3 is 5.97 Å². The van der Waals surface area contributed by atoms with Crippen LogP contribution >= 0.6 is 0 Å². The van der Waals surface area contributed by atoms with Gasteiger partial charge in [-0.15, -0.1) is 0 Å². The zero-order valence-corrected chi connectivity index (χ0v) is 11.2. The number of furan rings is 1. The molecule has 0 unspecified atom stereocenters. The van der Waals surface area contributed by atoms with E-state index >= 15 is 0 Å². The molecule has 5 heteroatoms. The maximum absolute atomic E-state index is 10.9. The Hall–Kier alpha value is -2.74. The monoisotopic (exact) mass is 270 g/mol. The van der Waals surface area contributed by atoms with Crippen molar-refractivity contribution in [1.82, 2.24) is 0 Å². The van der Waals surface area contributed by atoms with Crippen LogP contribution in [-0.4, -0.2) is 11.1 Å². The maximum atomic E-state index is 10.9. The van der Waals surface area contributed by atoms with Crippen LogP contribution in [0.25, 0.3) is 0 Å². The highest BCUT2D eigenvalue weighted by atomic mass is 16.4. The maximum Gasteiger partial charge on any atom is 0.372 e. The van der Waals surface area contributed by atoms with Gasteiger partial charge in [0.15, 0.2) is 0 Å². The first-order valence-corrected chi connectivity index (χ1v) is 6.08. The molecule has 2 aromatic rings. The van der Waals surface area contributed by atoms with E-state index in [9.17, 15) is 4.79 Å². The lowest BCUT2D eigenvalue weighted by atomic mass is 10.1. The molecule has 0 aliphatic rings. The van der Waals surface area contributed by atoms with Crippen molar-refractivity contribution in [3.63, 3.8) is 0 Å². The Bertz CT molecular complexity index is 696. The molecule has 5 nitrogen and oxygen atoms in total. The summed E-state index contributed by atoms with van der Waals surface area (Å²) in [5.41, 5.74) is 3.00. The molecule has 2 rings (SSSR count). The second-order valence-corrected chi connectivity index (χ2v) is 4.53. The number of anilines is 1. The summed E-state index contributed by atoms with van der Waals surface area (Å²) in [5, 5.41) is 20.9. The fourth-order valence-electron chi connectivity index (χ4n) is 1.91. The molecular weight excluding hydrogens is 256 g/mol. The molecule has 0 saturated heterocycles. The Balaban J connectivity index is 2.15. The summed E-state index contributed by atoms with van der Waals surface area (Å²) in [4.78, 5) is 10.9. The third-order valence-electron chi connectivity index (χ3n) is 2.98. The molecule has 0 radical (unpaired) electrons. The van der Waals surface area contributed by atoms with Crippen molar-refractivity contribution in [3.8, 4) is 6.07 Å². The number of aromatic carboxylic acids is 1. The number of benzene rings is 1. The lowest BCUT2D eigenvalue weighted by molar-refractivity contribution is 0.0659. The summed E-state index contributed by atoms with van der Waals surface area (Å²) >= 11 is 0. The number of carbonyl (C=O) groups is 1. The summed E-state index contributed by atoms with van der Waals surface area (Å²) in [5.74, 6) is -0.567. The van der Waals surface area contributed by atoms with Gasteiger partial charge in [-0.25, -0.2) is 4.79 Å². The number of nitriles is 1. The molecule has 0 atom stereocenters. The van der Waals surface area contributed by atoms with E-state index in [1.165, 1.54) is 0 Å². The van der Waals surface area contributed by atoms with Crippen molar-refractivity contribution in [2.45, 2.75) is 20.4 Å². The average Bonchev–Trinajstić information content (AvgIpc) is 2.79. The lowest BCUT2D eigenvalue weighted by Gasteiger charge is -2.08. The normalized spacial score (nSPS) is 10.1. The summed E-state index contributed by atoms with van der Waals surface area (Å²) < 4.78 is 5.27. The van der Waals surface area contributed by atoms with Crippen LogP contribution in [-0.2, 0) is 6.54 Å². The van der Waals surface area contributed by atoms with E-state index in [2.05, 4.69) is 11.4 Å². The molecule has 0 fully saturated rings. The van der Waals surface area contributed by atoms with Crippen molar-refractivity contribution in [3.05, 3.63) is 52.5 Å². The number of carboxylic acid groups (broad SMARTS) is 1. The molecule has 1 heterocycles. The van der Waals surface area contributed by atoms with E-state index < -0.39 is 5.97 Å². The molecule has 20 heavy (non-hydrogen) atoms. The first-order chi connectivity index (χ1) is 9.51. The number of nitrogens with one attached hydrogen (secondary N) is 1. The highest BCUT2D eigenvalue weighted by Crippen LogP contribution is 2.19. The minimum Gasteiger partial charge on any atom is -0.475 e. The predicted octanol–water partition coefficient (Wildman–Crippen LogP) is 3.08. The number of aryl methyl sites for hydroxylation is 2. The molecule has 0 aliphatic carbocycles. The Morgan fingerprint density at radius 3 is 2.70 bits per heavy atom. The molecule has 1 aromatic heterocycles. The summed E-state index contributed by atoms with van der Waals surface area (Å²) in [6, 6.07) is 9.14. The van der Waals surface area contributed by atoms with E-state index in [0.717, 1.165) is 11.3 Å². The topological polar surface area (TPSA) is 86.3 Å². The van der Waals surface area contributed by atoms with Crippen LogP contribution in [0.5, 0.6) is 0 Å². The smallest absolute Gasteiger partial charge is 0.372 e. The fraction of sp³-hybridized carbons (Fsp3) is 0.200. The van der Waals surface area contributed by atoms with Crippen LogP contribution in [0, 0.1) is 25.2 Å². The Labute approximate surface area is 116 Å². The van der Waals surface area contributed by atoms with Gasteiger partial charge in [0.25, 0.3) is 0 Å². The molecule has 1 aromatic carbocycles. The Kier molecular flexibility index (Phi) is 3.76. The first-order valence-electron chi connectivity index (χ1n) is 6.08. The van der Waals surface area contributed by atoms with Crippen molar-refractivity contribution < 1.29 is 14.3 Å². The van der Waals surface area contributed by atoms with Gasteiger partial charge in [-0.1, -0.05) is 6.07 Å². The second-order valence-electron chi connectivity index (χ2n) is 4.53. The van der Waals surface area contributed by atoms with Crippen LogP contribution in [0.1, 0.15) is 33.0 Å². The van der Waals surface area contributed by atoms with E-state index in [4.69, 9.17) is 14.8 Å². The van der Waals surface area contributed by atoms with E-state index in [1.54, 1.807) is 25.1 Å². The number of carboxylic acids is 1. The molecule has 0 aliphatic heterocycles. The van der Waals surface area contributed by atoms with Crippen LogP contribution in [0.4, 0.5) is 5.69 Å². The number of hydrogen-bond acceptors (Lipinski definition) is 4. The zero-order chi connectivity index (χ0) is 14.7. The molecule has 2 N–H and O–H groups in total. The average molecular weight is 270 g/mol. The molecule has 102 valence electrons. The highest BCUT2D eigenvalue weighted by Gasteiger charge is 2.14. The Morgan fingerprint density at radius 2 is 2.10 bits per heavy atom. The zero-order valence-electron chi connectivity index (χ0n) is 11.2. The summed E-state index contributed by atoms with van der Waals surface area (Å²) in [6.45, 7) is 3.99. The number of hydrogen-bond donors (Lipinski definition) is 2. The number of nitrogens with zero attached hydrogens (tertiary/aromatic N) is 1. The van der Waals surface area contributed by atoms with Gasteiger partial charge in [0.2, 0.25) is 5.76 Å². The minimum absolute atomic E-state index is 0.0377.